The molecule has 0 saturated heterocycles. The Hall–Kier alpha value is -2.18. The van der Waals surface area contributed by atoms with Gasteiger partial charge in [0.2, 0.25) is 15.9 Å². The van der Waals surface area contributed by atoms with Crippen LogP contribution in [-0.2, 0) is 27.7 Å². The van der Waals surface area contributed by atoms with Gasteiger partial charge in [0.25, 0.3) is 0 Å². The van der Waals surface area contributed by atoms with Crippen molar-refractivity contribution in [3.05, 3.63) is 59.2 Å². The van der Waals surface area contributed by atoms with Gasteiger partial charge in [-0.2, -0.15) is 0 Å². The minimum absolute atomic E-state index is 0.0542. The van der Waals surface area contributed by atoms with Crippen molar-refractivity contribution in [1.82, 2.24) is 4.72 Å². The standard InChI is InChI=1S/C22H26N2O3S/c1-3-22(25)24-15(2)13-17-14-18(11-12-21(17)24)28(26,27)23-20-10-6-8-16-7-4-5-9-19(16)20/h4-5,7,9,11-12,14-15,20,23H,3,6,8,10,13H2,1-2H3/t15-,20-/m0/s1. The van der Waals surface area contributed by atoms with Crippen LogP contribution in [0.5, 0.6) is 0 Å². The van der Waals surface area contributed by atoms with Crippen LogP contribution < -0.4 is 9.62 Å². The van der Waals surface area contributed by atoms with Crippen LogP contribution in [-0.4, -0.2) is 20.4 Å². The Bertz CT molecular complexity index is 1020. The van der Waals surface area contributed by atoms with Crippen molar-refractivity contribution in [2.45, 2.75) is 62.9 Å². The maximum Gasteiger partial charge on any atom is 0.241 e. The highest BCUT2D eigenvalue weighted by atomic mass is 32.2. The summed E-state index contributed by atoms with van der Waals surface area (Å²) in [5.74, 6) is 0.0683. The van der Waals surface area contributed by atoms with Crippen molar-refractivity contribution in [3.8, 4) is 0 Å². The van der Waals surface area contributed by atoms with Gasteiger partial charge < -0.3 is 4.90 Å². The Kier molecular flexibility index (Phi) is 5.02. The summed E-state index contributed by atoms with van der Waals surface area (Å²) < 4.78 is 29.0. The van der Waals surface area contributed by atoms with E-state index in [4.69, 9.17) is 0 Å². The number of carbonyl (C=O) groups is 1. The second-order valence-electron chi connectivity index (χ2n) is 7.73. The second-order valence-corrected chi connectivity index (χ2v) is 9.44. The van der Waals surface area contributed by atoms with E-state index in [2.05, 4.69) is 10.8 Å². The Balaban J connectivity index is 1.62. The highest BCUT2D eigenvalue weighted by Gasteiger charge is 2.32. The van der Waals surface area contributed by atoms with Gasteiger partial charge in [0, 0.05) is 24.2 Å². The van der Waals surface area contributed by atoms with Gasteiger partial charge in [-0.05, 0) is 67.5 Å². The number of hydrogen-bond acceptors (Lipinski definition) is 3. The lowest BCUT2D eigenvalue weighted by Crippen LogP contribution is -2.35. The summed E-state index contributed by atoms with van der Waals surface area (Å²) in [6, 6.07) is 13.0. The van der Waals surface area contributed by atoms with Gasteiger partial charge in [0.15, 0.2) is 0 Å². The molecule has 0 radical (unpaired) electrons. The molecule has 0 unspecified atom stereocenters. The summed E-state index contributed by atoms with van der Waals surface area (Å²) in [6.45, 7) is 3.84. The van der Waals surface area contributed by atoms with Gasteiger partial charge in [-0.3, -0.25) is 4.79 Å². The van der Waals surface area contributed by atoms with Crippen LogP contribution in [0.25, 0.3) is 0 Å². The first-order valence-electron chi connectivity index (χ1n) is 9.96. The Morgan fingerprint density at radius 1 is 1.18 bits per heavy atom. The van der Waals surface area contributed by atoms with Crippen molar-refractivity contribution in [2.24, 2.45) is 0 Å². The third-order valence-electron chi connectivity index (χ3n) is 5.81. The summed E-state index contributed by atoms with van der Waals surface area (Å²) in [7, 11) is -3.64. The number of hydrogen-bond donors (Lipinski definition) is 1. The smallest absolute Gasteiger partial charge is 0.241 e. The third-order valence-corrected chi connectivity index (χ3v) is 7.28. The third kappa shape index (κ3) is 3.35. The molecule has 1 amide bonds. The molecule has 0 spiro atoms. The SMILES string of the molecule is CCC(=O)N1c2ccc(S(=O)(=O)N[C@H]3CCCc4ccccc43)cc2C[C@@H]1C. The highest BCUT2D eigenvalue weighted by molar-refractivity contribution is 7.89. The van der Waals surface area contributed by atoms with Crippen molar-refractivity contribution in [3.63, 3.8) is 0 Å². The molecule has 2 atom stereocenters. The zero-order chi connectivity index (χ0) is 19.9. The lowest BCUT2D eigenvalue weighted by molar-refractivity contribution is -0.118. The topological polar surface area (TPSA) is 66.5 Å². The molecule has 2 aromatic rings. The Morgan fingerprint density at radius 2 is 1.96 bits per heavy atom. The van der Waals surface area contributed by atoms with Crippen molar-refractivity contribution < 1.29 is 13.2 Å². The van der Waals surface area contributed by atoms with Crippen molar-refractivity contribution in [2.75, 3.05) is 4.90 Å². The van der Waals surface area contributed by atoms with Crippen LogP contribution in [0.1, 0.15) is 55.8 Å². The first kappa shape index (κ1) is 19.2. The largest absolute Gasteiger partial charge is 0.309 e. The van der Waals surface area contributed by atoms with Gasteiger partial charge in [0.05, 0.1) is 4.90 Å². The lowest BCUT2D eigenvalue weighted by Gasteiger charge is -2.26. The summed E-state index contributed by atoms with van der Waals surface area (Å²) in [4.78, 5) is 14.3. The molecular weight excluding hydrogens is 372 g/mol. The quantitative estimate of drug-likeness (QED) is 0.853. The first-order chi connectivity index (χ1) is 13.4. The summed E-state index contributed by atoms with van der Waals surface area (Å²) in [6.07, 6.45) is 3.88. The van der Waals surface area contributed by atoms with E-state index >= 15 is 0 Å². The molecule has 0 saturated carbocycles. The molecule has 1 heterocycles. The van der Waals surface area contributed by atoms with E-state index in [1.165, 1.54) is 5.56 Å². The average Bonchev–Trinajstić information content (AvgIpc) is 3.02. The number of aryl methyl sites for hydroxylation is 1. The predicted molar refractivity (Wildman–Crippen MR) is 110 cm³/mol. The zero-order valence-electron chi connectivity index (χ0n) is 16.3. The van der Waals surface area contributed by atoms with E-state index in [-0.39, 0.29) is 22.9 Å². The van der Waals surface area contributed by atoms with E-state index in [1.54, 1.807) is 23.1 Å². The molecular formula is C22H26N2O3S. The fourth-order valence-electron chi connectivity index (χ4n) is 4.46. The molecule has 0 aromatic heterocycles. The monoisotopic (exact) mass is 398 g/mol. The molecule has 2 aliphatic rings. The molecule has 2 aromatic carbocycles. The van der Waals surface area contributed by atoms with E-state index in [9.17, 15) is 13.2 Å². The lowest BCUT2D eigenvalue weighted by atomic mass is 9.88. The van der Waals surface area contributed by atoms with Crippen molar-refractivity contribution in [1.29, 1.82) is 0 Å². The van der Waals surface area contributed by atoms with E-state index in [0.29, 0.717) is 12.8 Å². The summed E-state index contributed by atoms with van der Waals surface area (Å²) >= 11 is 0. The number of carbonyl (C=O) groups excluding carboxylic acids is 1. The fraction of sp³-hybridized carbons (Fsp3) is 0.409. The van der Waals surface area contributed by atoms with Crippen LogP contribution in [0.2, 0.25) is 0 Å². The first-order valence-corrected chi connectivity index (χ1v) is 11.4. The van der Waals surface area contributed by atoms with Crippen LogP contribution in [0, 0.1) is 0 Å². The van der Waals surface area contributed by atoms with E-state index in [0.717, 1.165) is 36.1 Å². The number of sulfonamides is 1. The molecule has 1 N–H and O–H groups in total. The molecule has 0 fully saturated rings. The molecule has 5 nitrogen and oxygen atoms in total. The second kappa shape index (κ2) is 7.33. The van der Waals surface area contributed by atoms with Gasteiger partial charge in [-0.1, -0.05) is 31.2 Å². The number of anilines is 1. The summed E-state index contributed by atoms with van der Waals surface area (Å²) in [5.41, 5.74) is 4.05. The Labute approximate surface area is 166 Å². The van der Waals surface area contributed by atoms with E-state index < -0.39 is 10.0 Å². The van der Waals surface area contributed by atoms with Gasteiger partial charge in [0.1, 0.15) is 0 Å². The molecule has 0 bridgehead atoms. The molecule has 4 rings (SSSR count). The van der Waals surface area contributed by atoms with Crippen molar-refractivity contribution >= 4 is 21.6 Å². The number of fused-ring (bicyclic) bond motifs is 2. The summed E-state index contributed by atoms with van der Waals surface area (Å²) in [5, 5.41) is 0. The number of benzene rings is 2. The molecule has 1 aliphatic carbocycles. The predicted octanol–water partition coefficient (Wildman–Crippen LogP) is 3.73. The number of amides is 1. The average molecular weight is 399 g/mol. The minimum Gasteiger partial charge on any atom is -0.309 e. The number of nitrogens with one attached hydrogen (secondary N) is 1. The van der Waals surface area contributed by atoms with E-state index in [1.807, 2.05) is 32.0 Å². The van der Waals surface area contributed by atoms with Crippen LogP contribution in [0.15, 0.2) is 47.4 Å². The maximum absolute atomic E-state index is 13.1. The molecule has 28 heavy (non-hydrogen) atoms. The molecule has 1 aliphatic heterocycles. The van der Waals surface area contributed by atoms with Crippen LogP contribution in [0.3, 0.4) is 0 Å². The zero-order valence-corrected chi connectivity index (χ0v) is 17.1. The number of nitrogens with zero attached hydrogens (tertiary/aromatic N) is 1. The maximum atomic E-state index is 13.1. The Morgan fingerprint density at radius 3 is 2.75 bits per heavy atom. The minimum atomic E-state index is -3.64. The fourth-order valence-corrected chi connectivity index (χ4v) is 5.76. The van der Waals surface area contributed by atoms with Gasteiger partial charge >= 0.3 is 0 Å². The van der Waals surface area contributed by atoms with Gasteiger partial charge in [-0.15, -0.1) is 0 Å². The molecule has 6 heteroatoms. The molecule has 148 valence electrons. The van der Waals surface area contributed by atoms with Gasteiger partial charge in [-0.25, -0.2) is 13.1 Å². The normalized spacial score (nSPS) is 21.3. The van der Waals surface area contributed by atoms with Crippen LogP contribution >= 0.6 is 0 Å². The highest BCUT2D eigenvalue weighted by Crippen LogP contribution is 2.35. The number of rotatable bonds is 4. The van der Waals surface area contributed by atoms with Crippen LogP contribution in [0.4, 0.5) is 5.69 Å².